The SMILES string of the molecule is NCCc1c[se]c2ccccc12. The first kappa shape index (κ1) is 8.06. The molecule has 1 aromatic carbocycles. The van der Waals surface area contributed by atoms with Gasteiger partial charge in [-0.05, 0) is 0 Å². The quantitative estimate of drug-likeness (QED) is 0.766. The molecule has 0 bridgehead atoms. The van der Waals surface area contributed by atoms with E-state index in [9.17, 15) is 0 Å². The first-order chi connectivity index (χ1) is 5.92. The zero-order valence-corrected chi connectivity index (χ0v) is 8.50. The van der Waals surface area contributed by atoms with Gasteiger partial charge in [-0.1, -0.05) is 0 Å². The standard InChI is InChI=1S/C10H11NSe/c11-6-5-8-7-12-10-4-2-1-3-9(8)10/h1-4,7H,5-6,11H2. The third-order valence-electron chi connectivity index (χ3n) is 1.97. The van der Waals surface area contributed by atoms with Crippen molar-refractivity contribution in [2.75, 3.05) is 6.54 Å². The summed E-state index contributed by atoms with van der Waals surface area (Å²) in [6.45, 7) is 0.760. The van der Waals surface area contributed by atoms with Gasteiger partial charge in [-0.15, -0.1) is 0 Å². The normalized spacial score (nSPS) is 10.8. The van der Waals surface area contributed by atoms with Crippen LogP contribution in [0.4, 0.5) is 0 Å². The van der Waals surface area contributed by atoms with E-state index in [1.165, 1.54) is 15.2 Å². The Morgan fingerprint density at radius 2 is 2.08 bits per heavy atom. The molecule has 2 aromatic rings. The number of hydrogen-bond acceptors (Lipinski definition) is 1. The van der Waals surface area contributed by atoms with Crippen LogP contribution in [0.15, 0.2) is 29.2 Å². The summed E-state index contributed by atoms with van der Waals surface area (Å²) in [5, 5.41) is 1.43. The van der Waals surface area contributed by atoms with Gasteiger partial charge in [0.05, 0.1) is 0 Å². The van der Waals surface area contributed by atoms with Gasteiger partial charge in [0, 0.05) is 0 Å². The molecular formula is C10H11NSe. The Balaban J connectivity index is 2.55. The second kappa shape index (κ2) is 3.44. The molecule has 0 atom stereocenters. The Hall–Kier alpha value is -0.561. The fourth-order valence-corrected chi connectivity index (χ4v) is 3.47. The summed E-state index contributed by atoms with van der Waals surface area (Å²) in [5.41, 5.74) is 6.98. The van der Waals surface area contributed by atoms with E-state index in [-0.39, 0.29) is 0 Å². The van der Waals surface area contributed by atoms with Crippen LogP contribution < -0.4 is 5.73 Å². The molecule has 0 spiro atoms. The van der Waals surface area contributed by atoms with E-state index in [0.717, 1.165) is 13.0 Å². The van der Waals surface area contributed by atoms with Gasteiger partial charge in [0.2, 0.25) is 0 Å². The molecule has 1 nitrogen and oxygen atoms in total. The number of hydrogen-bond donors (Lipinski definition) is 1. The Labute approximate surface area is 77.9 Å². The van der Waals surface area contributed by atoms with Crippen molar-refractivity contribution in [1.82, 2.24) is 0 Å². The molecule has 2 N–H and O–H groups in total. The average Bonchev–Trinajstić information content (AvgIpc) is 2.50. The number of rotatable bonds is 2. The molecule has 1 heterocycles. The van der Waals surface area contributed by atoms with Crippen LogP contribution in [0.2, 0.25) is 0 Å². The summed E-state index contributed by atoms with van der Waals surface area (Å²) < 4.78 is 1.51. The summed E-state index contributed by atoms with van der Waals surface area (Å²) in [4.78, 5) is 2.35. The second-order valence-electron chi connectivity index (χ2n) is 2.80. The number of benzene rings is 1. The molecule has 0 saturated carbocycles. The minimum absolute atomic E-state index is 0.557. The Kier molecular flexibility index (Phi) is 2.31. The van der Waals surface area contributed by atoms with Crippen molar-refractivity contribution in [2.24, 2.45) is 5.73 Å². The molecule has 1 aromatic heterocycles. The monoisotopic (exact) mass is 225 g/mol. The van der Waals surface area contributed by atoms with Crippen LogP contribution in [0.5, 0.6) is 0 Å². The topological polar surface area (TPSA) is 26.0 Å². The first-order valence-corrected chi connectivity index (χ1v) is 5.91. The molecule has 0 radical (unpaired) electrons. The van der Waals surface area contributed by atoms with Crippen LogP contribution in [0.3, 0.4) is 0 Å². The van der Waals surface area contributed by atoms with Gasteiger partial charge in [-0.2, -0.15) is 0 Å². The summed E-state index contributed by atoms with van der Waals surface area (Å²) in [6, 6.07) is 8.63. The molecule has 0 saturated heterocycles. The van der Waals surface area contributed by atoms with Crippen molar-refractivity contribution in [3.05, 3.63) is 34.8 Å². The third kappa shape index (κ3) is 1.34. The van der Waals surface area contributed by atoms with Gasteiger partial charge in [0.15, 0.2) is 0 Å². The van der Waals surface area contributed by atoms with Crippen molar-refractivity contribution >= 4 is 24.1 Å². The van der Waals surface area contributed by atoms with Gasteiger partial charge < -0.3 is 0 Å². The number of fused-ring (bicyclic) bond motifs is 1. The number of nitrogens with two attached hydrogens (primary N) is 1. The van der Waals surface area contributed by atoms with Crippen molar-refractivity contribution in [3.63, 3.8) is 0 Å². The maximum atomic E-state index is 5.53. The van der Waals surface area contributed by atoms with E-state index in [2.05, 4.69) is 29.2 Å². The molecule has 2 heteroatoms. The van der Waals surface area contributed by atoms with Crippen LogP contribution >= 0.6 is 0 Å². The zero-order valence-electron chi connectivity index (χ0n) is 6.79. The molecule has 0 aliphatic carbocycles. The predicted octanol–water partition coefficient (Wildman–Crippen LogP) is 1.40. The van der Waals surface area contributed by atoms with Crippen molar-refractivity contribution in [1.29, 1.82) is 0 Å². The van der Waals surface area contributed by atoms with Gasteiger partial charge in [-0.3, -0.25) is 0 Å². The average molecular weight is 224 g/mol. The van der Waals surface area contributed by atoms with Crippen LogP contribution in [0.1, 0.15) is 5.56 Å². The van der Waals surface area contributed by atoms with Gasteiger partial charge in [-0.25, -0.2) is 0 Å². The molecule has 62 valence electrons. The van der Waals surface area contributed by atoms with E-state index < -0.39 is 0 Å². The Bertz CT molecular complexity index is 378. The molecule has 0 fully saturated rings. The molecule has 12 heavy (non-hydrogen) atoms. The Morgan fingerprint density at radius 1 is 1.25 bits per heavy atom. The summed E-state index contributed by atoms with van der Waals surface area (Å²) >= 11 is 0.557. The van der Waals surface area contributed by atoms with Crippen LogP contribution in [-0.2, 0) is 6.42 Å². The third-order valence-corrected chi connectivity index (χ3v) is 4.10. The van der Waals surface area contributed by atoms with E-state index in [1.807, 2.05) is 0 Å². The van der Waals surface area contributed by atoms with Crippen molar-refractivity contribution in [3.8, 4) is 0 Å². The van der Waals surface area contributed by atoms with Gasteiger partial charge in [0.1, 0.15) is 0 Å². The van der Waals surface area contributed by atoms with E-state index in [4.69, 9.17) is 5.73 Å². The summed E-state index contributed by atoms with van der Waals surface area (Å²) in [6.07, 6.45) is 1.03. The van der Waals surface area contributed by atoms with Crippen molar-refractivity contribution < 1.29 is 0 Å². The van der Waals surface area contributed by atoms with Crippen LogP contribution in [0, 0.1) is 0 Å². The fraction of sp³-hybridized carbons (Fsp3) is 0.200. The maximum absolute atomic E-state index is 5.53. The predicted molar refractivity (Wildman–Crippen MR) is 53.6 cm³/mol. The molecule has 0 unspecified atom stereocenters. The van der Waals surface area contributed by atoms with E-state index in [1.54, 1.807) is 0 Å². The molecule has 0 amide bonds. The second-order valence-corrected chi connectivity index (χ2v) is 4.71. The van der Waals surface area contributed by atoms with E-state index in [0.29, 0.717) is 14.5 Å². The van der Waals surface area contributed by atoms with Gasteiger partial charge >= 0.3 is 77.6 Å². The Morgan fingerprint density at radius 3 is 2.92 bits per heavy atom. The zero-order chi connectivity index (χ0) is 8.39. The molecule has 0 aliphatic heterocycles. The summed E-state index contributed by atoms with van der Waals surface area (Å²) in [7, 11) is 0. The molecule has 0 aliphatic rings. The molecule has 2 rings (SSSR count). The van der Waals surface area contributed by atoms with Crippen molar-refractivity contribution in [2.45, 2.75) is 6.42 Å². The first-order valence-electron chi connectivity index (χ1n) is 4.07. The van der Waals surface area contributed by atoms with Crippen LogP contribution in [-0.4, -0.2) is 21.0 Å². The summed E-state index contributed by atoms with van der Waals surface area (Å²) in [5.74, 6) is 0. The van der Waals surface area contributed by atoms with Crippen LogP contribution in [0.25, 0.3) is 9.65 Å². The fourth-order valence-electron chi connectivity index (χ4n) is 1.38. The van der Waals surface area contributed by atoms with Gasteiger partial charge in [0.25, 0.3) is 0 Å². The van der Waals surface area contributed by atoms with E-state index >= 15 is 0 Å². The molecular weight excluding hydrogens is 213 g/mol. The minimum atomic E-state index is 0.557.